The Hall–Kier alpha value is -4.43. The first-order chi connectivity index (χ1) is 18.5. The van der Waals surface area contributed by atoms with Gasteiger partial charge in [-0.3, -0.25) is 14.8 Å². The molecule has 1 amide bonds. The molecule has 0 radical (unpaired) electrons. The van der Waals surface area contributed by atoms with E-state index in [-0.39, 0.29) is 11.5 Å². The Morgan fingerprint density at radius 2 is 1.84 bits per heavy atom. The van der Waals surface area contributed by atoms with Crippen molar-refractivity contribution < 1.29 is 14.3 Å². The van der Waals surface area contributed by atoms with Gasteiger partial charge in [0.1, 0.15) is 11.5 Å². The summed E-state index contributed by atoms with van der Waals surface area (Å²) in [6.45, 7) is 2.45. The Morgan fingerprint density at radius 1 is 1.05 bits per heavy atom. The first-order valence-corrected chi connectivity index (χ1v) is 12.5. The molecule has 3 aromatic carbocycles. The minimum Gasteiger partial charge on any atom is -0.390 e. The van der Waals surface area contributed by atoms with Gasteiger partial charge in [-0.25, -0.2) is 9.37 Å². The van der Waals surface area contributed by atoms with Crippen LogP contribution in [-0.2, 0) is 12.8 Å². The van der Waals surface area contributed by atoms with E-state index in [1.165, 1.54) is 18.3 Å². The van der Waals surface area contributed by atoms with E-state index in [2.05, 4.69) is 25.6 Å². The molecule has 1 aliphatic carbocycles. The summed E-state index contributed by atoms with van der Waals surface area (Å²) in [4.78, 5) is 26.2. The number of carbonyl (C=O) groups is 1. The number of hydrogen-bond acceptors (Lipinski definition) is 5. The fraction of sp³-hybridized carbons (Fsp3) is 0.200. The third-order valence-electron chi connectivity index (χ3n) is 6.52. The second-order valence-electron chi connectivity index (χ2n) is 9.26. The van der Waals surface area contributed by atoms with Crippen molar-refractivity contribution in [3.05, 3.63) is 113 Å². The number of amides is 1. The number of hydrogen-bond donors (Lipinski definition) is 3. The molecule has 5 rings (SSSR count). The van der Waals surface area contributed by atoms with E-state index >= 15 is 0 Å². The van der Waals surface area contributed by atoms with Crippen LogP contribution in [-0.4, -0.2) is 39.5 Å². The van der Waals surface area contributed by atoms with Gasteiger partial charge in [-0.05, 0) is 54.3 Å². The fourth-order valence-corrected chi connectivity index (χ4v) is 4.54. The molecule has 0 saturated carbocycles. The average Bonchev–Trinajstić information content (AvgIpc) is 3.24. The standard InChI is InChI=1S/C30H28FN5O2/c1-19(32-14-13-20-7-10-23(31)11-8-20)35-24-12-9-22-15-28(37)29(25(22)16-24)36-30(38)27-18-33-26(17-34-27)21-5-3-2-4-6-21/h2-12,16-18,28-29,37H,13-15H2,1H3,(H,32,35)(H,36,38)/t28-,29-/m1/s1. The van der Waals surface area contributed by atoms with Crippen molar-refractivity contribution in [1.29, 1.82) is 0 Å². The van der Waals surface area contributed by atoms with Gasteiger partial charge in [0.15, 0.2) is 0 Å². The Bertz CT molecular complexity index is 1440. The minimum absolute atomic E-state index is 0.184. The predicted molar refractivity (Wildman–Crippen MR) is 146 cm³/mol. The number of halogens is 1. The molecular formula is C30H28FN5O2. The van der Waals surface area contributed by atoms with Gasteiger partial charge in [0.2, 0.25) is 0 Å². The zero-order chi connectivity index (χ0) is 26.5. The molecule has 3 N–H and O–H groups in total. The zero-order valence-corrected chi connectivity index (χ0v) is 20.9. The Balaban J connectivity index is 1.23. The van der Waals surface area contributed by atoms with Crippen LogP contribution in [0.1, 0.15) is 40.1 Å². The van der Waals surface area contributed by atoms with Gasteiger partial charge in [-0.15, -0.1) is 0 Å². The van der Waals surface area contributed by atoms with E-state index < -0.39 is 18.1 Å². The normalized spacial score (nSPS) is 16.7. The lowest BCUT2D eigenvalue weighted by Gasteiger charge is -2.18. The molecule has 1 heterocycles. The van der Waals surface area contributed by atoms with Crippen molar-refractivity contribution in [2.75, 3.05) is 11.9 Å². The van der Waals surface area contributed by atoms with Crippen molar-refractivity contribution >= 4 is 17.4 Å². The van der Waals surface area contributed by atoms with Gasteiger partial charge in [0, 0.05) is 24.2 Å². The number of benzene rings is 3. The molecule has 8 heteroatoms. The van der Waals surface area contributed by atoms with Crippen molar-refractivity contribution in [2.24, 2.45) is 4.99 Å². The number of anilines is 1. The van der Waals surface area contributed by atoms with Crippen LogP contribution in [0.5, 0.6) is 0 Å². The number of carbonyl (C=O) groups excluding carboxylic acids is 1. The molecule has 0 saturated heterocycles. The van der Waals surface area contributed by atoms with Crippen LogP contribution in [0, 0.1) is 5.82 Å². The molecule has 1 aliphatic rings. The number of nitrogens with one attached hydrogen (secondary N) is 2. The number of aliphatic hydroxyl groups is 1. The second-order valence-corrected chi connectivity index (χ2v) is 9.26. The molecule has 0 unspecified atom stereocenters. The number of aliphatic hydroxyl groups excluding tert-OH is 1. The van der Waals surface area contributed by atoms with Crippen molar-refractivity contribution in [3.63, 3.8) is 0 Å². The third-order valence-corrected chi connectivity index (χ3v) is 6.52. The van der Waals surface area contributed by atoms with Crippen LogP contribution < -0.4 is 10.6 Å². The van der Waals surface area contributed by atoms with Gasteiger partial charge in [0.25, 0.3) is 5.91 Å². The third kappa shape index (κ3) is 5.92. The number of rotatable bonds is 7. The second kappa shape index (κ2) is 11.3. The van der Waals surface area contributed by atoms with E-state index in [1.54, 1.807) is 18.3 Å². The lowest BCUT2D eigenvalue weighted by atomic mass is 10.1. The lowest BCUT2D eigenvalue weighted by Crippen LogP contribution is -2.34. The van der Waals surface area contributed by atoms with Crippen LogP contribution in [0.3, 0.4) is 0 Å². The molecular weight excluding hydrogens is 481 g/mol. The molecule has 1 aromatic heterocycles. The zero-order valence-electron chi connectivity index (χ0n) is 20.9. The lowest BCUT2D eigenvalue weighted by molar-refractivity contribution is 0.0853. The summed E-state index contributed by atoms with van der Waals surface area (Å²) in [7, 11) is 0. The smallest absolute Gasteiger partial charge is 0.272 e. The largest absolute Gasteiger partial charge is 0.390 e. The maximum Gasteiger partial charge on any atom is 0.272 e. The molecule has 4 aromatic rings. The summed E-state index contributed by atoms with van der Waals surface area (Å²) in [6, 6.07) is 21.3. The van der Waals surface area contributed by atoms with Crippen LogP contribution in [0.2, 0.25) is 0 Å². The molecule has 0 fully saturated rings. The molecule has 0 spiro atoms. The number of aliphatic imine (C=N–C) groups is 1. The molecule has 0 bridgehead atoms. The predicted octanol–water partition coefficient (Wildman–Crippen LogP) is 4.74. The van der Waals surface area contributed by atoms with Crippen LogP contribution >= 0.6 is 0 Å². The van der Waals surface area contributed by atoms with Gasteiger partial charge >= 0.3 is 0 Å². The highest BCUT2D eigenvalue weighted by Gasteiger charge is 2.33. The molecule has 2 atom stereocenters. The highest BCUT2D eigenvalue weighted by molar-refractivity contribution is 5.94. The molecule has 192 valence electrons. The summed E-state index contributed by atoms with van der Waals surface area (Å²) in [5.74, 6) is 0.0890. The van der Waals surface area contributed by atoms with Gasteiger partial charge < -0.3 is 15.7 Å². The average molecular weight is 510 g/mol. The maximum absolute atomic E-state index is 13.1. The Kier molecular flexibility index (Phi) is 7.51. The van der Waals surface area contributed by atoms with Gasteiger partial charge in [-0.2, -0.15) is 0 Å². The Morgan fingerprint density at radius 3 is 2.58 bits per heavy atom. The first kappa shape index (κ1) is 25.2. The van der Waals surface area contributed by atoms with Crippen LogP contribution in [0.4, 0.5) is 10.1 Å². The number of amidine groups is 1. The summed E-state index contributed by atoms with van der Waals surface area (Å²) < 4.78 is 13.1. The van der Waals surface area contributed by atoms with E-state index in [0.29, 0.717) is 25.1 Å². The first-order valence-electron chi connectivity index (χ1n) is 12.5. The molecule has 38 heavy (non-hydrogen) atoms. The van der Waals surface area contributed by atoms with E-state index in [9.17, 15) is 14.3 Å². The van der Waals surface area contributed by atoms with Gasteiger partial charge in [-0.1, -0.05) is 48.5 Å². The minimum atomic E-state index is -0.744. The summed E-state index contributed by atoms with van der Waals surface area (Å²) in [5, 5.41) is 16.9. The SMILES string of the molecule is CC(=NCCc1ccc(F)cc1)Nc1ccc2c(c1)[C@@H](NC(=O)c1cnc(-c3ccccc3)cn1)[C@H](O)C2. The Labute approximate surface area is 220 Å². The van der Waals surface area contributed by atoms with Crippen molar-refractivity contribution in [2.45, 2.75) is 31.9 Å². The highest BCUT2D eigenvalue weighted by Crippen LogP contribution is 2.34. The van der Waals surface area contributed by atoms with E-state index in [0.717, 1.165) is 33.8 Å². The van der Waals surface area contributed by atoms with Crippen LogP contribution in [0.15, 0.2) is 90.2 Å². The van der Waals surface area contributed by atoms with Crippen molar-refractivity contribution in [1.82, 2.24) is 15.3 Å². The van der Waals surface area contributed by atoms with E-state index in [1.807, 2.05) is 55.5 Å². The maximum atomic E-state index is 13.1. The van der Waals surface area contributed by atoms with Crippen LogP contribution in [0.25, 0.3) is 11.3 Å². The fourth-order valence-electron chi connectivity index (χ4n) is 4.54. The van der Waals surface area contributed by atoms with Gasteiger partial charge in [0.05, 0.1) is 36.1 Å². The van der Waals surface area contributed by atoms with E-state index in [4.69, 9.17) is 0 Å². The topological polar surface area (TPSA) is 99.5 Å². The number of fused-ring (bicyclic) bond motifs is 1. The number of nitrogens with zero attached hydrogens (tertiary/aromatic N) is 3. The van der Waals surface area contributed by atoms with Crippen molar-refractivity contribution in [3.8, 4) is 11.3 Å². The summed E-state index contributed by atoms with van der Waals surface area (Å²) >= 11 is 0. The summed E-state index contributed by atoms with van der Waals surface area (Å²) in [6.07, 6.45) is 3.43. The summed E-state index contributed by atoms with van der Waals surface area (Å²) in [5.41, 5.74) is 5.44. The quantitative estimate of drug-likeness (QED) is 0.247. The monoisotopic (exact) mass is 509 g/mol. The number of aromatic nitrogens is 2. The molecule has 7 nitrogen and oxygen atoms in total. The highest BCUT2D eigenvalue weighted by atomic mass is 19.1. The molecule has 0 aliphatic heterocycles.